The molecule has 0 bridgehead atoms. The van der Waals surface area contributed by atoms with Gasteiger partial charge in [0.2, 0.25) is 15.9 Å². The summed E-state index contributed by atoms with van der Waals surface area (Å²) < 4.78 is 39.2. The summed E-state index contributed by atoms with van der Waals surface area (Å²) in [5.74, 6) is 1.07. The lowest BCUT2D eigenvalue weighted by atomic mass is 9.96. The first-order valence-electron chi connectivity index (χ1n) is 12.0. The van der Waals surface area contributed by atoms with Gasteiger partial charge in [-0.15, -0.1) is 0 Å². The number of anilines is 1. The normalized spacial score (nSPS) is 21.0. The fraction of sp³-hybridized carbons (Fsp3) is 0.480. The second-order valence-corrected chi connectivity index (χ2v) is 11.0. The summed E-state index contributed by atoms with van der Waals surface area (Å²) in [6, 6.07) is 13.3. The van der Waals surface area contributed by atoms with E-state index in [0.717, 1.165) is 24.9 Å². The zero-order valence-electron chi connectivity index (χ0n) is 19.5. The van der Waals surface area contributed by atoms with Crippen molar-refractivity contribution in [2.75, 3.05) is 50.8 Å². The Bertz CT molecular complexity index is 1160. The van der Waals surface area contributed by atoms with Gasteiger partial charge in [-0.3, -0.25) is 4.79 Å². The first-order chi connectivity index (χ1) is 16.4. The topological polar surface area (TPSA) is 79.4 Å². The molecule has 0 aromatic heterocycles. The van der Waals surface area contributed by atoms with Crippen molar-refractivity contribution in [3.63, 3.8) is 0 Å². The molecule has 1 saturated heterocycles. The second kappa shape index (κ2) is 9.46. The van der Waals surface area contributed by atoms with E-state index in [-0.39, 0.29) is 23.9 Å². The van der Waals surface area contributed by atoms with Gasteiger partial charge in [0.05, 0.1) is 24.7 Å². The molecule has 1 fully saturated rings. The predicted octanol–water partition coefficient (Wildman–Crippen LogP) is 2.52. The maximum atomic E-state index is 13.3. The highest BCUT2D eigenvalue weighted by Gasteiger charge is 2.32. The van der Waals surface area contributed by atoms with E-state index in [9.17, 15) is 13.2 Å². The molecule has 0 spiro atoms. The Hall–Kier alpha value is -2.78. The fourth-order valence-electron chi connectivity index (χ4n) is 4.88. The molecule has 9 heteroatoms. The van der Waals surface area contributed by atoms with Crippen molar-refractivity contribution in [1.29, 1.82) is 0 Å². The van der Waals surface area contributed by atoms with Crippen molar-refractivity contribution in [2.24, 2.45) is 0 Å². The van der Waals surface area contributed by atoms with Crippen LogP contribution in [-0.2, 0) is 21.2 Å². The Morgan fingerprint density at radius 3 is 2.53 bits per heavy atom. The number of ether oxygens (including phenoxy) is 2. The Morgan fingerprint density at radius 2 is 1.74 bits per heavy atom. The van der Waals surface area contributed by atoms with E-state index in [1.807, 2.05) is 12.1 Å². The first kappa shape index (κ1) is 23.0. The summed E-state index contributed by atoms with van der Waals surface area (Å²) in [4.78, 5) is 17.3. The van der Waals surface area contributed by atoms with Crippen LogP contribution in [0, 0.1) is 0 Å². The molecule has 0 saturated carbocycles. The molecular formula is C25H31N3O5S. The number of hydrogen-bond donors (Lipinski definition) is 0. The van der Waals surface area contributed by atoms with Crippen molar-refractivity contribution in [1.82, 2.24) is 9.21 Å². The second-order valence-electron chi connectivity index (χ2n) is 9.09. The standard InChI is InChI=1S/C25H31N3O5S/c1-19-7-8-20-5-2-3-6-22(20)28(19)18-25(29)26-11-13-27(14-12-26)34(30,31)21-9-10-23-24(17-21)33-16-4-15-32-23/h2-3,5-6,9-10,17,19H,4,7-8,11-16,18H2,1H3/t19-/m1/s1. The molecule has 3 heterocycles. The average Bonchev–Trinajstić information content (AvgIpc) is 3.11. The van der Waals surface area contributed by atoms with E-state index in [1.54, 1.807) is 23.1 Å². The van der Waals surface area contributed by atoms with Gasteiger partial charge in [0.15, 0.2) is 11.5 Å². The Balaban J connectivity index is 1.23. The van der Waals surface area contributed by atoms with Crippen molar-refractivity contribution < 1.29 is 22.7 Å². The molecule has 1 amide bonds. The summed E-state index contributed by atoms with van der Waals surface area (Å²) in [5, 5.41) is 0. The van der Waals surface area contributed by atoms with Gasteiger partial charge in [0.1, 0.15) is 0 Å². The monoisotopic (exact) mass is 485 g/mol. The molecule has 182 valence electrons. The van der Waals surface area contributed by atoms with Gasteiger partial charge in [-0.2, -0.15) is 4.31 Å². The molecule has 5 rings (SSSR count). The van der Waals surface area contributed by atoms with E-state index in [4.69, 9.17) is 9.47 Å². The lowest BCUT2D eigenvalue weighted by molar-refractivity contribution is -0.131. The number of carbonyl (C=O) groups excluding carboxylic acids is 1. The predicted molar refractivity (Wildman–Crippen MR) is 129 cm³/mol. The number of benzene rings is 2. The van der Waals surface area contributed by atoms with Crippen molar-refractivity contribution in [3.8, 4) is 11.5 Å². The molecular weight excluding hydrogens is 454 g/mol. The van der Waals surface area contributed by atoms with Crippen LogP contribution in [0.2, 0.25) is 0 Å². The number of piperazine rings is 1. The molecule has 0 N–H and O–H groups in total. The fourth-order valence-corrected chi connectivity index (χ4v) is 6.32. The van der Waals surface area contributed by atoms with Crippen LogP contribution < -0.4 is 14.4 Å². The maximum Gasteiger partial charge on any atom is 0.243 e. The largest absolute Gasteiger partial charge is 0.490 e. The van der Waals surface area contributed by atoms with Crippen LogP contribution >= 0.6 is 0 Å². The number of para-hydroxylation sites is 1. The number of sulfonamides is 1. The Kier molecular flexibility index (Phi) is 6.40. The molecule has 3 aliphatic heterocycles. The number of aryl methyl sites for hydroxylation is 1. The molecule has 0 radical (unpaired) electrons. The zero-order chi connectivity index (χ0) is 23.7. The third-order valence-electron chi connectivity index (χ3n) is 6.92. The van der Waals surface area contributed by atoms with E-state index in [1.165, 1.54) is 9.87 Å². The summed E-state index contributed by atoms with van der Waals surface area (Å²) in [6.07, 6.45) is 2.80. The number of hydrogen-bond acceptors (Lipinski definition) is 6. The summed E-state index contributed by atoms with van der Waals surface area (Å²) in [6.45, 7) is 4.83. The Morgan fingerprint density at radius 1 is 1.00 bits per heavy atom. The SMILES string of the molecule is C[C@@H]1CCc2ccccc2N1CC(=O)N1CCN(S(=O)(=O)c2ccc3c(c2)OCCCO3)CC1. The van der Waals surface area contributed by atoms with E-state index >= 15 is 0 Å². The number of nitrogens with zero attached hydrogens (tertiary/aromatic N) is 3. The molecule has 1 atom stereocenters. The molecule has 34 heavy (non-hydrogen) atoms. The minimum Gasteiger partial charge on any atom is -0.490 e. The number of amides is 1. The van der Waals surface area contributed by atoms with Gasteiger partial charge in [-0.25, -0.2) is 8.42 Å². The van der Waals surface area contributed by atoms with Gasteiger partial charge >= 0.3 is 0 Å². The highest BCUT2D eigenvalue weighted by atomic mass is 32.2. The van der Waals surface area contributed by atoms with E-state index in [0.29, 0.717) is 50.4 Å². The number of fused-ring (bicyclic) bond motifs is 2. The third-order valence-corrected chi connectivity index (χ3v) is 8.81. The molecule has 2 aromatic rings. The van der Waals surface area contributed by atoms with Crippen LogP contribution in [0.4, 0.5) is 5.69 Å². The highest BCUT2D eigenvalue weighted by molar-refractivity contribution is 7.89. The van der Waals surface area contributed by atoms with Crippen LogP contribution in [0.3, 0.4) is 0 Å². The third kappa shape index (κ3) is 4.46. The highest BCUT2D eigenvalue weighted by Crippen LogP contribution is 2.33. The molecule has 8 nitrogen and oxygen atoms in total. The molecule has 0 unspecified atom stereocenters. The number of rotatable bonds is 4. The van der Waals surface area contributed by atoms with Crippen molar-refractivity contribution >= 4 is 21.6 Å². The molecule has 3 aliphatic rings. The first-order valence-corrected chi connectivity index (χ1v) is 13.4. The van der Waals surface area contributed by atoms with Crippen LogP contribution in [-0.4, -0.2) is 75.5 Å². The minimum absolute atomic E-state index is 0.0381. The summed E-state index contributed by atoms with van der Waals surface area (Å²) in [7, 11) is -3.68. The summed E-state index contributed by atoms with van der Waals surface area (Å²) in [5.41, 5.74) is 2.41. The van der Waals surface area contributed by atoms with Gasteiger partial charge in [-0.05, 0) is 43.5 Å². The van der Waals surface area contributed by atoms with Gasteiger partial charge < -0.3 is 19.3 Å². The average molecular weight is 486 g/mol. The van der Waals surface area contributed by atoms with Crippen LogP contribution in [0.1, 0.15) is 25.3 Å². The molecule has 0 aliphatic carbocycles. The van der Waals surface area contributed by atoms with E-state index < -0.39 is 10.0 Å². The van der Waals surface area contributed by atoms with Crippen molar-refractivity contribution in [3.05, 3.63) is 48.0 Å². The van der Waals surface area contributed by atoms with Gasteiger partial charge in [0.25, 0.3) is 0 Å². The van der Waals surface area contributed by atoms with Crippen LogP contribution in [0.5, 0.6) is 11.5 Å². The Labute approximate surface area is 201 Å². The lowest BCUT2D eigenvalue weighted by Crippen LogP contribution is -2.53. The minimum atomic E-state index is -3.68. The lowest BCUT2D eigenvalue weighted by Gasteiger charge is -2.39. The van der Waals surface area contributed by atoms with E-state index in [2.05, 4.69) is 24.0 Å². The smallest absolute Gasteiger partial charge is 0.243 e. The number of carbonyl (C=O) groups is 1. The quantitative estimate of drug-likeness (QED) is 0.662. The maximum absolute atomic E-state index is 13.3. The summed E-state index contributed by atoms with van der Waals surface area (Å²) >= 11 is 0. The molecule has 2 aromatic carbocycles. The van der Waals surface area contributed by atoms with Gasteiger partial charge in [-0.1, -0.05) is 18.2 Å². The zero-order valence-corrected chi connectivity index (χ0v) is 20.3. The van der Waals surface area contributed by atoms with Crippen LogP contribution in [0.15, 0.2) is 47.4 Å². The van der Waals surface area contributed by atoms with Crippen LogP contribution in [0.25, 0.3) is 0 Å². The van der Waals surface area contributed by atoms with Gasteiger partial charge in [0, 0.05) is 50.4 Å². The van der Waals surface area contributed by atoms with Crippen molar-refractivity contribution in [2.45, 2.75) is 37.1 Å².